The molecule has 2 aliphatic rings. The summed E-state index contributed by atoms with van der Waals surface area (Å²) >= 11 is 0. The van der Waals surface area contributed by atoms with E-state index in [-0.39, 0.29) is 17.4 Å². The largest absolute Gasteiger partial charge is 0.453 e. The molecule has 1 amide bonds. The molecule has 3 rings (SSSR count). The minimum absolute atomic E-state index is 0.0786. The second-order valence-corrected chi connectivity index (χ2v) is 4.42. The van der Waals surface area contributed by atoms with Crippen molar-refractivity contribution in [1.29, 1.82) is 0 Å². The Morgan fingerprint density at radius 3 is 3.00 bits per heavy atom. The van der Waals surface area contributed by atoms with E-state index in [1.807, 2.05) is 0 Å². The van der Waals surface area contributed by atoms with Crippen LogP contribution in [0.3, 0.4) is 0 Å². The number of nitrogens with one attached hydrogen (secondary N) is 1. The Labute approximate surface area is 95.7 Å². The molecule has 0 aromatic carbocycles. The van der Waals surface area contributed by atoms with E-state index in [1.54, 1.807) is 0 Å². The number of nitrogens with zero attached hydrogens (tertiary/aromatic N) is 2. The minimum Gasteiger partial charge on any atom is -0.453 e. The average molecular weight is 243 g/mol. The Morgan fingerprint density at radius 1 is 1.65 bits per heavy atom. The van der Waals surface area contributed by atoms with Crippen LogP contribution in [0.1, 0.15) is 23.6 Å². The number of anilines is 1. The highest BCUT2D eigenvalue weighted by atomic mass is 19.3. The zero-order valence-electron chi connectivity index (χ0n) is 9.33. The van der Waals surface area contributed by atoms with Crippen molar-refractivity contribution in [3.63, 3.8) is 0 Å². The number of rotatable bonds is 1. The predicted molar refractivity (Wildman–Crippen MR) is 54.0 cm³/mol. The van der Waals surface area contributed by atoms with Crippen LogP contribution in [0.25, 0.3) is 0 Å². The Balaban J connectivity index is 2.05. The fourth-order valence-electron chi connectivity index (χ4n) is 2.62. The SMILES string of the molecule is COC(=O)Nc1nn(C)c2c1[C@H]1C[C@H]1C2(F)F. The molecule has 17 heavy (non-hydrogen) atoms. The highest BCUT2D eigenvalue weighted by Crippen LogP contribution is 2.68. The number of halogens is 2. The van der Waals surface area contributed by atoms with Gasteiger partial charge >= 0.3 is 6.09 Å². The van der Waals surface area contributed by atoms with E-state index in [0.29, 0.717) is 12.0 Å². The molecule has 1 saturated carbocycles. The molecule has 2 aliphatic carbocycles. The molecule has 1 N–H and O–H groups in total. The van der Waals surface area contributed by atoms with Crippen molar-refractivity contribution >= 4 is 11.9 Å². The van der Waals surface area contributed by atoms with Crippen LogP contribution in [0.5, 0.6) is 0 Å². The topological polar surface area (TPSA) is 56.1 Å². The molecular formula is C10H11F2N3O2. The molecule has 0 bridgehead atoms. The van der Waals surface area contributed by atoms with Gasteiger partial charge in [0.1, 0.15) is 5.69 Å². The zero-order valence-corrected chi connectivity index (χ0v) is 9.33. The van der Waals surface area contributed by atoms with Gasteiger partial charge in [-0.1, -0.05) is 0 Å². The van der Waals surface area contributed by atoms with Gasteiger partial charge in [-0.3, -0.25) is 10.00 Å². The summed E-state index contributed by atoms with van der Waals surface area (Å²) in [6.45, 7) is 0. The van der Waals surface area contributed by atoms with Gasteiger partial charge < -0.3 is 4.74 Å². The number of carbonyl (C=O) groups excluding carboxylic acids is 1. The molecule has 0 aliphatic heterocycles. The van der Waals surface area contributed by atoms with Gasteiger partial charge in [-0.2, -0.15) is 13.9 Å². The molecule has 0 radical (unpaired) electrons. The standard InChI is InChI=1S/C10H11F2N3O2/c1-15-7-6(4-3-5(4)10(7,11)12)8(14-15)13-9(16)17-2/h4-5H,3H2,1-2H3,(H,13,14,16)/t4-,5+/m0/s1. The molecule has 2 atom stereocenters. The Hall–Kier alpha value is -1.66. The summed E-state index contributed by atoms with van der Waals surface area (Å²) in [6.07, 6.45) is -0.236. The number of aryl methyl sites for hydroxylation is 1. The van der Waals surface area contributed by atoms with Crippen molar-refractivity contribution in [1.82, 2.24) is 9.78 Å². The Kier molecular flexibility index (Phi) is 1.83. The van der Waals surface area contributed by atoms with Gasteiger partial charge in [0.2, 0.25) is 0 Å². The van der Waals surface area contributed by atoms with Gasteiger partial charge in [-0.25, -0.2) is 4.79 Å². The molecule has 0 unspecified atom stereocenters. The van der Waals surface area contributed by atoms with Gasteiger partial charge in [0.05, 0.1) is 7.11 Å². The number of hydrogen-bond donors (Lipinski definition) is 1. The van der Waals surface area contributed by atoms with Crippen molar-refractivity contribution in [2.75, 3.05) is 12.4 Å². The molecular weight excluding hydrogens is 232 g/mol. The van der Waals surface area contributed by atoms with Crippen LogP contribution < -0.4 is 5.32 Å². The lowest BCUT2D eigenvalue weighted by molar-refractivity contribution is -0.0301. The third-order valence-electron chi connectivity index (χ3n) is 3.43. The Bertz CT molecular complexity index is 512. The molecule has 1 aromatic rings. The van der Waals surface area contributed by atoms with E-state index >= 15 is 0 Å². The summed E-state index contributed by atoms with van der Waals surface area (Å²) in [5.74, 6) is -3.45. The third kappa shape index (κ3) is 1.22. The van der Waals surface area contributed by atoms with Gasteiger partial charge in [-0.05, 0) is 12.3 Å². The lowest BCUT2D eigenvalue weighted by Crippen LogP contribution is -2.18. The number of fused-ring (bicyclic) bond motifs is 3. The van der Waals surface area contributed by atoms with E-state index in [1.165, 1.54) is 14.2 Å². The minimum atomic E-state index is -2.84. The van der Waals surface area contributed by atoms with Gasteiger partial charge in [0, 0.05) is 18.5 Å². The number of hydrogen-bond acceptors (Lipinski definition) is 3. The lowest BCUT2D eigenvalue weighted by atomic mass is 10.1. The summed E-state index contributed by atoms with van der Waals surface area (Å²) in [7, 11) is 2.67. The van der Waals surface area contributed by atoms with Crippen LogP contribution in [0.4, 0.5) is 19.4 Å². The number of amides is 1. The normalized spacial score (nSPS) is 27.3. The van der Waals surface area contributed by atoms with Gasteiger partial charge in [0.25, 0.3) is 5.92 Å². The average Bonchev–Trinajstić information content (AvgIpc) is 2.93. The van der Waals surface area contributed by atoms with E-state index in [2.05, 4.69) is 15.2 Å². The van der Waals surface area contributed by atoms with Crippen molar-refractivity contribution in [3.05, 3.63) is 11.3 Å². The molecule has 1 aromatic heterocycles. The maximum absolute atomic E-state index is 13.9. The maximum Gasteiger partial charge on any atom is 0.412 e. The molecule has 1 heterocycles. The van der Waals surface area contributed by atoms with E-state index in [9.17, 15) is 13.6 Å². The number of ether oxygens (including phenoxy) is 1. The van der Waals surface area contributed by atoms with Crippen molar-refractivity contribution < 1.29 is 18.3 Å². The first-order valence-corrected chi connectivity index (χ1v) is 5.27. The summed E-state index contributed by atoms with van der Waals surface area (Å²) in [4.78, 5) is 11.1. The molecule has 5 nitrogen and oxygen atoms in total. The fraction of sp³-hybridized carbons (Fsp3) is 0.600. The molecule has 0 saturated heterocycles. The molecule has 0 spiro atoms. The second-order valence-electron chi connectivity index (χ2n) is 4.42. The number of methoxy groups -OCH3 is 1. The summed E-state index contributed by atoms with van der Waals surface area (Å²) in [6, 6.07) is 0. The van der Waals surface area contributed by atoms with E-state index < -0.39 is 17.9 Å². The fourth-order valence-corrected chi connectivity index (χ4v) is 2.62. The van der Waals surface area contributed by atoms with Crippen LogP contribution in [0, 0.1) is 5.92 Å². The second kappa shape index (κ2) is 2.96. The molecule has 92 valence electrons. The summed E-state index contributed by atoms with van der Waals surface area (Å²) in [5, 5.41) is 6.30. The van der Waals surface area contributed by atoms with Crippen molar-refractivity contribution in [2.24, 2.45) is 13.0 Å². The van der Waals surface area contributed by atoms with Crippen LogP contribution in [0.2, 0.25) is 0 Å². The predicted octanol–water partition coefficient (Wildman–Crippen LogP) is 1.81. The van der Waals surface area contributed by atoms with Crippen molar-refractivity contribution in [2.45, 2.75) is 18.3 Å². The number of alkyl halides is 2. The van der Waals surface area contributed by atoms with E-state index in [4.69, 9.17) is 0 Å². The zero-order chi connectivity index (χ0) is 12.4. The molecule has 1 fully saturated rings. The highest BCUT2D eigenvalue weighted by molar-refractivity contribution is 5.85. The lowest BCUT2D eigenvalue weighted by Gasteiger charge is -2.12. The summed E-state index contributed by atoms with van der Waals surface area (Å²) in [5.41, 5.74) is 0.387. The van der Waals surface area contributed by atoms with Gasteiger partial charge in [0.15, 0.2) is 5.82 Å². The smallest absolute Gasteiger partial charge is 0.412 e. The van der Waals surface area contributed by atoms with Crippen molar-refractivity contribution in [3.8, 4) is 0 Å². The first kappa shape index (κ1) is 10.5. The number of aromatic nitrogens is 2. The first-order chi connectivity index (χ1) is 7.96. The van der Waals surface area contributed by atoms with Crippen LogP contribution in [-0.4, -0.2) is 23.0 Å². The third-order valence-corrected chi connectivity index (χ3v) is 3.43. The highest BCUT2D eigenvalue weighted by Gasteiger charge is 2.66. The first-order valence-electron chi connectivity index (χ1n) is 5.27. The van der Waals surface area contributed by atoms with Crippen LogP contribution >= 0.6 is 0 Å². The van der Waals surface area contributed by atoms with E-state index in [0.717, 1.165) is 4.68 Å². The van der Waals surface area contributed by atoms with Crippen LogP contribution in [0.15, 0.2) is 0 Å². The summed E-state index contributed by atoms with van der Waals surface area (Å²) < 4.78 is 33.3. The maximum atomic E-state index is 13.9. The Morgan fingerprint density at radius 2 is 2.35 bits per heavy atom. The monoisotopic (exact) mass is 243 g/mol. The van der Waals surface area contributed by atoms with Crippen LogP contribution in [-0.2, 0) is 17.7 Å². The number of carbonyl (C=O) groups is 1. The molecule has 7 heteroatoms. The van der Waals surface area contributed by atoms with Gasteiger partial charge in [-0.15, -0.1) is 0 Å². The quantitative estimate of drug-likeness (QED) is 0.818.